The van der Waals surface area contributed by atoms with Crippen LogP contribution in [0, 0.1) is 17.8 Å². The van der Waals surface area contributed by atoms with Crippen molar-refractivity contribution in [1.82, 2.24) is 0 Å². The van der Waals surface area contributed by atoms with E-state index in [4.69, 9.17) is 11.6 Å². The average molecular weight is 205 g/mol. The van der Waals surface area contributed by atoms with E-state index < -0.39 is 0 Å². The minimum atomic E-state index is 0.580. The van der Waals surface area contributed by atoms with Gasteiger partial charge in [-0.1, -0.05) is 36.2 Å². The summed E-state index contributed by atoms with van der Waals surface area (Å²) in [6, 6.07) is 8.48. The summed E-state index contributed by atoms with van der Waals surface area (Å²) in [7, 11) is 0. The molecule has 0 saturated heterocycles. The van der Waals surface area contributed by atoms with E-state index in [0.717, 1.165) is 22.8 Å². The standard InChI is InChI=1S/C13H13Cl/c14-11-7-2-1-4-8(11)13-9-5-3-6-10(13)12(9)13/h1-2,4,7,9-10,12H,3,5-6H2. The van der Waals surface area contributed by atoms with Gasteiger partial charge >= 0.3 is 0 Å². The highest BCUT2D eigenvalue weighted by Crippen LogP contribution is 2.88. The fourth-order valence-electron chi connectivity index (χ4n) is 4.25. The van der Waals surface area contributed by atoms with E-state index in [2.05, 4.69) is 18.2 Å². The summed E-state index contributed by atoms with van der Waals surface area (Å²) in [5, 5.41) is 1.00. The Morgan fingerprint density at radius 2 is 1.86 bits per heavy atom. The second-order valence-corrected chi connectivity index (χ2v) is 5.49. The zero-order chi connectivity index (χ0) is 9.34. The Balaban J connectivity index is 1.82. The maximum absolute atomic E-state index is 6.29. The molecule has 0 bridgehead atoms. The normalized spacial score (nSPS) is 47.1. The van der Waals surface area contributed by atoms with E-state index in [-0.39, 0.29) is 0 Å². The molecule has 0 radical (unpaired) electrons. The van der Waals surface area contributed by atoms with Gasteiger partial charge in [0.15, 0.2) is 0 Å². The Labute approximate surface area is 89.3 Å². The first-order valence-electron chi connectivity index (χ1n) is 5.62. The highest BCUT2D eigenvalue weighted by atomic mass is 35.5. The molecule has 1 aromatic rings. The second-order valence-electron chi connectivity index (χ2n) is 5.08. The lowest BCUT2D eigenvalue weighted by atomic mass is 9.79. The van der Waals surface area contributed by atoms with Gasteiger partial charge in [0.25, 0.3) is 0 Å². The van der Waals surface area contributed by atoms with Crippen molar-refractivity contribution < 1.29 is 0 Å². The van der Waals surface area contributed by atoms with Crippen molar-refractivity contribution in [2.45, 2.75) is 24.7 Å². The molecule has 0 aliphatic heterocycles. The minimum Gasteiger partial charge on any atom is -0.0840 e. The number of hydrogen-bond donors (Lipinski definition) is 0. The van der Waals surface area contributed by atoms with Crippen molar-refractivity contribution >= 4 is 11.6 Å². The number of hydrogen-bond acceptors (Lipinski definition) is 0. The largest absolute Gasteiger partial charge is 0.0840 e. The zero-order valence-electron chi connectivity index (χ0n) is 8.04. The van der Waals surface area contributed by atoms with Gasteiger partial charge in [-0.05, 0) is 42.2 Å². The van der Waals surface area contributed by atoms with Crippen molar-refractivity contribution in [3.63, 3.8) is 0 Å². The van der Waals surface area contributed by atoms with Gasteiger partial charge in [0, 0.05) is 10.4 Å². The molecule has 0 heterocycles. The molecular weight excluding hydrogens is 192 g/mol. The van der Waals surface area contributed by atoms with Gasteiger partial charge in [-0.3, -0.25) is 0 Å². The fourth-order valence-corrected chi connectivity index (χ4v) is 4.55. The molecule has 3 saturated carbocycles. The van der Waals surface area contributed by atoms with Crippen molar-refractivity contribution in [2.24, 2.45) is 17.8 Å². The SMILES string of the molecule is Clc1ccccc1C12C3CCCC1C32. The van der Waals surface area contributed by atoms with E-state index in [1.54, 1.807) is 0 Å². The summed E-state index contributed by atoms with van der Waals surface area (Å²) in [6.45, 7) is 0. The highest BCUT2D eigenvalue weighted by Gasteiger charge is 2.86. The van der Waals surface area contributed by atoms with E-state index in [9.17, 15) is 0 Å². The van der Waals surface area contributed by atoms with Crippen LogP contribution in [0.1, 0.15) is 24.8 Å². The van der Waals surface area contributed by atoms with Crippen LogP contribution >= 0.6 is 11.6 Å². The summed E-state index contributed by atoms with van der Waals surface area (Å²) in [4.78, 5) is 0. The molecule has 72 valence electrons. The molecule has 14 heavy (non-hydrogen) atoms. The van der Waals surface area contributed by atoms with E-state index >= 15 is 0 Å². The van der Waals surface area contributed by atoms with Gasteiger partial charge in [-0.15, -0.1) is 0 Å². The second kappa shape index (κ2) is 2.19. The van der Waals surface area contributed by atoms with Crippen molar-refractivity contribution in [1.29, 1.82) is 0 Å². The Hall–Kier alpha value is -0.490. The van der Waals surface area contributed by atoms with Gasteiger partial charge < -0.3 is 0 Å². The Morgan fingerprint density at radius 3 is 2.50 bits per heavy atom. The third kappa shape index (κ3) is 0.642. The number of halogens is 1. The molecule has 0 aromatic heterocycles. The number of fused-ring (bicyclic) bond motifs is 2. The van der Waals surface area contributed by atoms with Gasteiger partial charge in [-0.25, -0.2) is 0 Å². The van der Waals surface area contributed by atoms with Crippen LogP contribution in [-0.4, -0.2) is 0 Å². The minimum absolute atomic E-state index is 0.580. The number of benzene rings is 1. The molecule has 2 unspecified atom stereocenters. The molecule has 0 N–H and O–H groups in total. The molecule has 4 rings (SSSR count). The van der Waals surface area contributed by atoms with Crippen LogP contribution in [0.2, 0.25) is 5.02 Å². The predicted octanol–water partition coefficient (Wildman–Crippen LogP) is 3.64. The lowest BCUT2D eigenvalue weighted by molar-refractivity contribution is 0.315. The first kappa shape index (κ1) is 7.76. The monoisotopic (exact) mass is 204 g/mol. The molecule has 0 amide bonds. The van der Waals surface area contributed by atoms with Gasteiger partial charge in [-0.2, -0.15) is 0 Å². The molecule has 1 aromatic carbocycles. The Kier molecular flexibility index (Phi) is 1.21. The molecule has 1 heteroatoms. The van der Waals surface area contributed by atoms with Crippen LogP contribution in [0.15, 0.2) is 24.3 Å². The lowest BCUT2D eigenvalue weighted by Gasteiger charge is -2.25. The summed E-state index contributed by atoms with van der Waals surface area (Å²) in [5.41, 5.74) is 2.04. The van der Waals surface area contributed by atoms with Crippen LogP contribution in [0.25, 0.3) is 0 Å². The first-order valence-corrected chi connectivity index (χ1v) is 5.99. The maximum atomic E-state index is 6.29. The van der Waals surface area contributed by atoms with Crippen LogP contribution in [-0.2, 0) is 5.41 Å². The third-order valence-corrected chi connectivity index (χ3v) is 5.13. The smallest absolute Gasteiger partial charge is 0.0443 e. The predicted molar refractivity (Wildman–Crippen MR) is 57.5 cm³/mol. The van der Waals surface area contributed by atoms with Crippen LogP contribution in [0.3, 0.4) is 0 Å². The summed E-state index contributed by atoms with van der Waals surface area (Å²) < 4.78 is 0. The van der Waals surface area contributed by atoms with Gasteiger partial charge in [0.2, 0.25) is 0 Å². The molecule has 2 atom stereocenters. The van der Waals surface area contributed by atoms with E-state index in [1.165, 1.54) is 24.8 Å². The molecular formula is C13H13Cl. The summed E-state index contributed by atoms with van der Waals surface area (Å²) in [6.07, 6.45) is 4.36. The van der Waals surface area contributed by atoms with Crippen molar-refractivity contribution in [3.8, 4) is 0 Å². The molecule has 0 spiro atoms. The quantitative estimate of drug-likeness (QED) is 0.655. The summed E-state index contributed by atoms with van der Waals surface area (Å²) >= 11 is 6.29. The van der Waals surface area contributed by atoms with Crippen LogP contribution in [0.5, 0.6) is 0 Å². The lowest BCUT2D eigenvalue weighted by Crippen LogP contribution is -2.18. The fraction of sp³-hybridized carbons (Fsp3) is 0.538. The molecule has 3 fully saturated rings. The van der Waals surface area contributed by atoms with Crippen LogP contribution in [0.4, 0.5) is 0 Å². The average Bonchev–Trinajstić information content (AvgIpc) is 3.08. The number of rotatable bonds is 1. The van der Waals surface area contributed by atoms with Crippen LogP contribution < -0.4 is 0 Å². The Morgan fingerprint density at radius 1 is 1.14 bits per heavy atom. The topological polar surface area (TPSA) is 0 Å². The van der Waals surface area contributed by atoms with Gasteiger partial charge in [0.05, 0.1) is 0 Å². The summed E-state index contributed by atoms with van der Waals surface area (Å²) in [5.74, 6) is 3.03. The van der Waals surface area contributed by atoms with E-state index in [0.29, 0.717) is 5.41 Å². The Bertz CT molecular complexity index is 388. The van der Waals surface area contributed by atoms with Gasteiger partial charge in [0.1, 0.15) is 0 Å². The van der Waals surface area contributed by atoms with Crippen molar-refractivity contribution in [2.75, 3.05) is 0 Å². The first-order chi connectivity index (χ1) is 6.87. The van der Waals surface area contributed by atoms with Crippen molar-refractivity contribution in [3.05, 3.63) is 34.9 Å². The molecule has 3 aliphatic rings. The third-order valence-electron chi connectivity index (χ3n) is 4.80. The maximum Gasteiger partial charge on any atom is 0.0443 e. The molecule has 0 nitrogen and oxygen atoms in total. The highest BCUT2D eigenvalue weighted by molar-refractivity contribution is 6.31. The molecule has 3 aliphatic carbocycles. The zero-order valence-corrected chi connectivity index (χ0v) is 8.80. The van der Waals surface area contributed by atoms with E-state index in [1.807, 2.05) is 6.07 Å².